The van der Waals surface area contributed by atoms with Crippen molar-refractivity contribution in [2.24, 2.45) is 5.92 Å². The van der Waals surface area contributed by atoms with E-state index in [9.17, 15) is 45.2 Å². The molecule has 15 nitrogen and oxygen atoms in total. The van der Waals surface area contributed by atoms with Crippen LogP contribution in [0.3, 0.4) is 0 Å². The number of fused-ring (bicyclic) bond motifs is 3. The van der Waals surface area contributed by atoms with Crippen molar-refractivity contribution in [1.82, 2.24) is 25.2 Å². The van der Waals surface area contributed by atoms with E-state index in [1.54, 1.807) is 32.1 Å². The van der Waals surface area contributed by atoms with Crippen molar-refractivity contribution in [3.63, 3.8) is 0 Å². The van der Waals surface area contributed by atoms with Gasteiger partial charge in [-0.1, -0.05) is 19.1 Å². The number of benzene rings is 1. The normalized spacial score (nSPS) is 28.9. The number of hydrogen-bond acceptors (Lipinski definition) is 11. The molecule has 0 spiro atoms. The minimum Gasteiger partial charge on any atom is -0.496 e. The number of pyridine rings is 1. The molecule has 1 aromatic heterocycles. The van der Waals surface area contributed by atoms with Gasteiger partial charge in [0.05, 0.1) is 31.2 Å². The number of aromatic nitrogens is 1. The average molecular weight is 856 g/mol. The van der Waals surface area contributed by atoms with E-state index < -0.39 is 105 Å². The molecule has 3 fully saturated rings. The summed E-state index contributed by atoms with van der Waals surface area (Å²) in [6.45, 7) is 3.86. The first-order valence-corrected chi connectivity index (χ1v) is 20.9. The molecule has 2 aliphatic carbocycles. The predicted octanol–water partition coefficient (Wildman–Crippen LogP) is 4.23. The number of allylic oxidation sites excluding steroid dienone is 1. The standard InChI is InChI=1S/C39H49F4N5O10S/c1-6-28-30(45-36(52)58-37(3,4)34(42)43)33(50)48-19-24(57-32-26-15-23(41)16-29(55-5)25(26)11-14-44-32)17-27(48)31(49)46-39(18-22(39)10-8-7-9-21(2)56-28)35(51)47-59(53,54)38(20-40)12-13-38/h8,10-11,14-16,21-22,24,27-28,30,34H,6-7,9,12-13,17-20H2,1-5H3,(H,45,52)(H,46,49)(H,47,51)/b10-8-/t21-,22+,24+,27-,28-,30-,39+/m0/s1. The number of halogens is 4. The highest BCUT2D eigenvalue weighted by Crippen LogP contribution is 2.48. The molecular weight excluding hydrogens is 807 g/mol. The zero-order chi connectivity index (χ0) is 43.1. The van der Waals surface area contributed by atoms with Gasteiger partial charge in [0, 0.05) is 30.0 Å². The summed E-state index contributed by atoms with van der Waals surface area (Å²) in [6, 6.07) is 0.887. The van der Waals surface area contributed by atoms with Crippen molar-refractivity contribution in [1.29, 1.82) is 0 Å². The Bertz CT molecular complexity index is 2100. The summed E-state index contributed by atoms with van der Waals surface area (Å²) in [4.78, 5) is 61.8. The lowest BCUT2D eigenvalue weighted by Gasteiger charge is -2.34. The molecule has 0 radical (unpaired) electrons. The summed E-state index contributed by atoms with van der Waals surface area (Å²) in [7, 11) is -3.13. The van der Waals surface area contributed by atoms with Crippen LogP contribution in [0.1, 0.15) is 72.6 Å². The molecule has 0 bridgehead atoms. The van der Waals surface area contributed by atoms with E-state index in [1.807, 2.05) is 4.72 Å². The highest BCUT2D eigenvalue weighted by atomic mass is 32.2. The van der Waals surface area contributed by atoms with E-state index >= 15 is 0 Å². The molecule has 0 unspecified atom stereocenters. The maximum absolute atomic E-state index is 14.8. The number of hydrogen-bond donors (Lipinski definition) is 3. The largest absolute Gasteiger partial charge is 0.496 e. The summed E-state index contributed by atoms with van der Waals surface area (Å²) >= 11 is 0. The maximum atomic E-state index is 14.8. The first-order valence-electron chi connectivity index (χ1n) is 19.4. The van der Waals surface area contributed by atoms with E-state index in [0.29, 0.717) is 18.2 Å². The van der Waals surface area contributed by atoms with Crippen LogP contribution in [0, 0.1) is 11.7 Å². The Morgan fingerprint density at radius 1 is 1.19 bits per heavy atom. The number of nitrogens with one attached hydrogen (secondary N) is 3. The Morgan fingerprint density at radius 3 is 2.56 bits per heavy atom. The van der Waals surface area contributed by atoms with Gasteiger partial charge in [0.2, 0.25) is 27.7 Å². The first kappa shape index (κ1) is 43.8. The van der Waals surface area contributed by atoms with Crippen LogP contribution in [0.4, 0.5) is 22.4 Å². The number of carbonyl (C=O) groups excluding carboxylic acids is 4. The molecule has 4 aliphatic rings. The topological polar surface area (TPSA) is 192 Å². The first-order chi connectivity index (χ1) is 27.8. The van der Waals surface area contributed by atoms with Crippen LogP contribution in [0.2, 0.25) is 0 Å². The quantitative estimate of drug-likeness (QED) is 0.217. The lowest BCUT2D eigenvalue weighted by atomic mass is 10.0. The molecule has 2 saturated carbocycles. The van der Waals surface area contributed by atoms with E-state index in [4.69, 9.17) is 18.9 Å². The van der Waals surface area contributed by atoms with E-state index in [0.717, 1.165) is 18.7 Å². The van der Waals surface area contributed by atoms with Crippen molar-refractivity contribution in [3.05, 3.63) is 42.4 Å². The van der Waals surface area contributed by atoms with Gasteiger partial charge >= 0.3 is 6.09 Å². The molecular formula is C39H49F4N5O10S. The van der Waals surface area contributed by atoms with Gasteiger partial charge in [0.25, 0.3) is 12.3 Å². The van der Waals surface area contributed by atoms with E-state index in [-0.39, 0.29) is 55.7 Å². The molecule has 20 heteroatoms. The van der Waals surface area contributed by atoms with Gasteiger partial charge in [-0.05, 0) is 71.4 Å². The van der Waals surface area contributed by atoms with Crippen LogP contribution in [0.5, 0.6) is 11.6 Å². The van der Waals surface area contributed by atoms with Gasteiger partial charge in [-0.25, -0.2) is 35.8 Å². The fourth-order valence-electron chi connectivity index (χ4n) is 7.51. The number of alkyl halides is 3. The monoisotopic (exact) mass is 855 g/mol. The second-order valence-corrected chi connectivity index (χ2v) is 18.2. The summed E-state index contributed by atoms with van der Waals surface area (Å²) in [5, 5.41) is 5.75. The molecule has 7 atom stereocenters. The molecule has 2 aromatic rings. The molecule has 1 aromatic carbocycles. The maximum Gasteiger partial charge on any atom is 0.408 e. The number of sulfonamides is 1. The molecule has 2 aliphatic heterocycles. The van der Waals surface area contributed by atoms with Crippen molar-refractivity contribution in [3.8, 4) is 11.6 Å². The Morgan fingerprint density at radius 2 is 1.92 bits per heavy atom. The smallest absolute Gasteiger partial charge is 0.408 e. The zero-order valence-electron chi connectivity index (χ0n) is 33.3. The fourth-order valence-corrected chi connectivity index (χ4v) is 8.93. The van der Waals surface area contributed by atoms with Crippen molar-refractivity contribution < 1.29 is 64.1 Å². The number of ether oxygens (including phenoxy) is 4. The van der Waals surface area contributed by atoms with Gasteiger partial charge in [-0.3, -0.25) is 19.1 Å². The third kappa shape index (κ3) is 8.93. The van der Waals surface area contributed by atoms with Crippen LogP contribution in [-0.2, 0) is 33.9 Å². The molecule has 59 heavy (non-hydrogen) atoms. The van der Waals surface area contributed by atoms with E-state index in [1.165, 1.54) is 25.4 Å². The zero-order valence-corrected chi connectivity index (χ0v) is 34.1. The van der Waals surface area contributed by atoms with Gasteiger partial charge in [0.1, 0.15) is 46.7 Å². The van der Waals surface area contributed by atoms with Gasteiger partial charge in [-0.2, -0.15) is 0 Å². The second kappa shape index (κ2) is 16.7. The van der Waals surface area contributed by atoms with Crippen molar-refractivity contribution in [2.45, 2.75) is 125 Å². The van der Waals surface area contributed by atoms with Crippen LogP contribution in [0.15, 0.2) is 36.5 Å². The second-order valence-electron chi connectivity index (χ2n) is 16.1. The summed E-state index contributed by atoms with van der Waals surface area (Å²) in [5.41, 5.74) is -4.05. The summed E-state index contributed by atoms with van der Waals surface area (Å²) in [5.74, 6) is -4.07. The predicted molar refractivity (Wildman–Crippen MR) is 203 cm³/mol. The van der Waals surface area contributed by atoms with Crippen molar-refractivity contribution in [2.75, 3.05) is 20.3 Å². The van der Waals surface area contributed by atoms with Crippen LogP contribution >= 0.6 is 0 Å². The van der Waals surface area contributed by atoms with Gasteiger partial charge in [-0.15, -0.1) is 0 Å². The number of alkyl carbamates (subject to hydrolysis) is 1. The number of carbonyl (C=O) groups is 4. The Hall–Kier alpha value is -4.72. The van der Waals surface area contributed by atoms with Crippen molar-refractivity contribution >= 4 is 44.6 Å². The average Bonchev–Trinajstić information content (AvgIpc) is 4.08. The van der Waals surface area contributed by atoms with Gasteiger partial charge < -0.3 is 34.5 Å². The Kier molecular flexibility index (Phi) is 12.4. The van der Waals surface area contributed by atoms with Crippen LogP contribution in [-0.4, -0.2) is 115 Å². The Balaban J connectivity index is 1.38. The number of rotatable bonds is 11. The number of nitrogens with zero attached hydrogens (tertiary/aromatic N) is 2. The third-order valence-corrected chi connectivity index (χ3v) is 13.6. The SMILES string of the molecule is CC[C@@H]1O[C@@H](C)CC/C=C\[C@@H]2C[C@@]2(C(=O)NS(=O)(=O)C2(CF)CC2)NC(=O)[C@@H]2C[C@@H](Oc3nccc4c(OC)cc(F)cc34)CN2C(=O)[C@H]1NC(=O)OC(C)(C)C(F)F. The minimum atomic E-state index is -4.48. The van der Waals surface area contributed by atoms with Gasteiger partial charge in [0.15, 0.2) is 5.60 Å². The Labute approximate surface area is 339 Å². The number of amides is 4. The van der Waals surface area contributed by atoms with Crippen LogP contribution in [0.25, 0.3) is 10.8 Å². The summed E-state index contributed by atoms with van der Waals surface area (Å²) in [6.07, 6.45) is -1.56. The molecule has 6 rings (SSSR count). The van der Waals surface area contributed by atoms with Crippen LogP contribution < -0.4 is 24.8 Å². The lowest BCUT2D eigenvalue weighted by Crippen LogP contribution is -2.61. The molecule has 3 heterocycles. The molecule has 4 amide bonds. The highest BCUT2D eigenvalue weighted by Gasteiger charge is 2.64. The van der Waals surface area contributed by atoms with E-state index in [2.05, 4.69) is 15.6 Å². The minimum absolute atomic E-state index is 0.0156. The molecule has 1 saturated heterocycles. The molecule has 3 N–H and O–H groups in total. The lowest BCUT2D eigenvalue weighted by molar-refractivity contribution is -0.145. The fraction of sp³-hybridized carbons (Fsp3) is 0.615. The third-order valence-electron chi connectivity index (χ3n) is 11.4. The number of methoxy groups -OCH3 is 1. The highest BCUT2D eigenvalue weighted by molar-refractivity contribution is 7.91. The molecule has 324 valence electrons. The summed E-state index contributed by atoms with van der Waals surface area (Å²) < 4.78 is 106.